The molecule has 1 heterocycles. The average molecular weight is 376 g/mol. The van der Waals surface area contributed by atoms with Crippen LogP contribution < -0.4 is 9.47 Å². The SMILES string of the molecule is Brc1cc2c(c3c1CCCCC3Br)OCCCO2. The molecular weight excluding hydrogens is 360 g/mol. The van der Waals surface area contributed by atoms with E-state index in [1.165, 1.54) is 30.4 Å². The molecule has 1 unspecified atom stereocenters. The molecule has 3 rings (SSSR count). The first-order valence-electron chi connectivity index (χ1n) is 6.52. The third-order valence-corrected chi connectivity index (χ3v) is 5.20. The number of fused-ring (bicyclic) bond motifs is 3. The zero-order valence-electron chi connectivity index (χ0n) is 10.2. The molecule has 0 fully saturated rings. The van der Waals surface area contributed by atoms with Crippen molar-refractivity contribution in [1.29, 1.82) is 0 Å². The maximum atomic E-state index is 5.95. The average Bonchev–Trinajstić information content (AvgIpc) is 2.68. The Kier molecular flexibility index (Phi) is 3.85. The molecule has 4 heteroatoms. The van der Waals surface area contributed by atoms with Gasteiger partial charge < -0.3 is 9.47 Å². The van der Waals surface area contributed by atoms with E-state index in [9.17, 15) is 0 Å². The number of rotatable bonds is 0. The number of benzene rings is 1. The summed E-state index contributed by atoms with van der Waals surface area (Å²) in [7, 11) is 0. The Morgan fingerprint density at radius 2 is 1.94 bits per heavy atom. The van der Waals surface area contributed by atoms with E-state index in [4.69, 9.17) is 9.47 Å². The molecule has 1 aliphatic carbocycles. The molecule has 18 heavy (non-hydrogen) atoms. The van der Waals surface area contributed by atoms with Crippen LogP contribution in [0, 0.1) is 0 Å². The molecule has 1 aromatic carbocycles. The molecule has 2 nitrogen and oxygen atoms in total. The zero-order chi connectivity index (χ0) is 12.5. The van der Waals surface area contributed by atoms with Gasteiger partial charge in [0.2, 0.25) is 0 Å². The Labute approximate surface area is 124 Å². The lowest BCUT2D eigenvalue weighted by Crippen LogP contribution is -2.02. The second-order valence-electron chi connectivity index (χ2n) is 4.84. The lowest BCUT2D eigenvalue weighted by atomic mass is 10.0. The standard InChI is InChI=1S/C14H16Br2O2/c15-10-5-2-1-4-9-11(16)8-12-14(13(9)10)18-7-3-6-17-12/h8,10H,1-7H2. The van der Waals surface area contributed by atoms with Crippen molar-refractivity contribution < 1.29 is 9.47 Å². The van der Waals surface area contributed by atoms with E-state index in [1.807, 2.05) is 0 Å². The van der Waals surface area contributed by atoms with Crippen molar-refractivity contribution in [3.63, 3.8) is 0 Å². The van der Waals surface area contributed by atoms with E-state index in [2.05, 4.69) is 37.9 Å². The van der Waals surface area contributed by atoms with Gasteiger partial charge in [-0.05, 0) is 30.9 Å². The molecule has 0 saturated carbocycles. The van der Waals surface area contributed by atoms with Gasteiger partial charge in [-0.25, -0.2) is 0 Å². The highest BCUT2D eigenvalue weighted by Gasteiger charge is 2.27. The van der Waals surface area contributed by atoms with Crippen LogP contribution in [-0.4, -0.2) is 13.2 Å². The van der Waals surface area contributed by atoms with E-state index < -0.39 is 0 Å². The van der Waals surface area contributed by atoms with Gasteiger partial charge in [-0.15, -0.1) is 0 Å². The minimum atomic E-state index is 0.378. The molecule has 1 atom stereocenters. The molecule has 0 aromatic heterocycles. The van der Waals surface area contributed by atoms with Crippen LogP contribution in [0.15, 0.2) is 10.5 Å². The molecule has 1 aromatic rings. The lowest BCUT2D eigenvalue weighted by molar-refractivity contribution is 0.296. The van der Waals surface area contributed by atoms with Gasteiger partial charge in [-0.2, -0.15) is 0 Å². The molecule has 98 valence electrons. The summed E-state index contributed by atoms with van der Waals surface area (Å²) in [5.74, 6) is 1.86. The highest BCUT2D eigenvalue weighted by Crippen LogP contribution is 2.48. The van der Waals surface area contributed by atoms with Crippen molar-refractivity contribution >= 4 is 31.9 Å². The van der Waals surface area contributed by atoms with Crippen LogP contribution >= 0.6 is 31.9 Å². The Balaban J connectivity index is 2.17. The number of hydrogen-bond donors (Lipinski definition) is 0. The van der Waals surface area contributed by atoms with Crippen molar-refractivity contribution in [2.45, 2.75) is 36.9 Å². The Morgan fingerprint density at radius 3 is 2.83 bits per heavy atom. The first-order valence-corrected chi connectivity index (χ1v) is 8.23. The maximum Gasteiger partial charge on any atom is 0.165 e. The number of ether oxygens (including phenoxy) is 2. The van der Waals surface area contributed by atoms with Crippen LogP contribution in [0.1, 0.15) is 41.6 Å². The Bertz CT molecular complexity index is 460. The van der Waals surface area contributed by atoms with Crippen molar-refractivity contribution in [3.8, 4) is 11.5 Å². The van der Waals surface area contributed by atoms with E-state index in [1.54, 1.807) is 0 Å². The first-order chi connectivity index (χ1) is 8.77. The lowest BCUT2D eigenvalue weighted by Gasteiger charge is -2.19. The summed E-state index contributed by atoms with van der Waals surface area (Å²) < 4.78 is 12.9. The largest absolute Gasteiger partial charge is 0.490 e. The van der Waals surface area contributed by atoms with Crippen molar-refractivity contribution in [2.24, 2.45) is 0 Å². The van der Waals surface area contributed by atoms with Gasteiger partial charge in [0.05, 0.1) is 13.2 Å². The van der Waals surface area contributed by atoms with Crippen LogP contribution in [0.25, 0.3) is 0 Å². The summed E-state index contributed by atoms with van der Waals surface area (Å²) in [6.07, 6.45) is 5.74. The van der Waals surface area contributed by atoms with Gasteiger partial charge in [-0.3, -0.25) is 0 Å². The highest BCUT2D eigenvalue weighted by molar-refractivity contribution is 9.10. The number of hydrogen-bond acceptors (Lipinski definition) is 2. The van der Waals surface area contributed by atoms with E-state index in [-0.39, 0.29) is 0 Å². The van der Waals surface area contributed by atoms with Crippen LogP contribution in [-0.2, 0) is 6.42 Å². The minimum absolute atomic E-state index is 0.378. The normalized spacial score (nSPS) is 22.9. The summed E-state index contributed by atoms with van der Waals surface area (Å²) >= 11 is 7.51. The fourth-order valence-electron chi connectivity index (χ4n) is 2.69. The Morgan fingerprint density at radius 1 is 1.11 bits per heavy atom. The van der Waals surface area contributed by atoms with Gasteiger partial charge in [0.15, 0.2) is 11.5 Å². The van der Waals surface area contributed by atoms with Gasteiger partial charge in [-0.1, -0.05) is 38.3 Å². The summed E-state index contributed by atoms with van der Waals surface area (Å²) in [6, 6.07) is 2.07. The quantitative estimate of drug-likeness (QED) is 0.480. The van der Waals surface area contributed by atoms with Crippen LogP contribution in [0.2, 0.25) is 0 Å². The fraction of sp³-hybridized carbons (Fsp3) is 0.571. The van der Waals surface area contributed by atoms with Crippen molar-refractivity contribution in [2.75, 3.05) is 13.2 Å². The molecule has 0 N–H and O–H groups in total. The van der Waals surface area contributed by atoms with Gasteiger partial charge in [0.1, 0.15) is 0 Å². The predicted molar refractivity (Wildman–Crippen MR) is 79.0 cm³/mol. The molecule has 0 amide bonds. The molecule has 0 radical (unpaired) electrons. The zero-order valence-corrected chi connectivity index (χ0v) is 13.3. The molecule has 1 aliphatic heterocycles. The van der Waals surface area contributed by atoms with Crippen molar-refractivity contribution in [1.82, 2.24) is 0 Å². The topological polar surface area (TPSA) is 18.5 Å². The molecular formula is C14H16Br2O2. The van der Waals surface area contributed by atoms with Crippen LogP contribution in [0.5, 0.6) is 11.5 Å². The third-order valence-electron chi connectivity index (χ3n) is 3.58. The third kappa shape index (κ3) is 2.29. The van der Waals surface area contributed by atoms with Crippen LogP contribution in [0.3, 0.4) is 0 Å². The first kappa shape index (κ1) is 12.8. The van der Waals surface area contributed by atoms with Gasteiger partial charge >= 0.3 is 0 Å². The summed E-state index contributed by atoms with van der Waals surface area (Å²) in [5, 5.41) is 0. The predicted octanol–water partition coefficient (Wildman–Crippen LogP) is 4.77. The Hall–Kier alpha value is -0.220. The van der Waals surface area contributed by atoms with Crippen LogP contribution in [0.4, 0.5) is 0 Å². The number of halogens is 2. The summed E-state index contributed by atoms with van der Waals surface area (Å²) in [4.78, 5) is 0.378. The second-order valence-corrected chi connectivity index (χ2v) is 6.80. The smallest absolute Gasteiger partial charge is 0.165 e. The van der Waals surface area contributed by atoms with E-state index in [0.29, 0.717) is 4.83 Å². The molecule has 2 aliphatic rings. The molecule has 0 bridgehead atoms. The van der Waals surface area contributed by atoms with Gasteiger partial charge in [0.25, 0.3) is 0 Å². The van der Waals surface area contributed by atoms with E-state index in [0.717, 1.165) is 42.0 Å². The second kappa shape index (κ2) is 5.41. The summed E-state index contributed by atoms with van der Waals surface area (Å²) in [6.45, 7) is 1.49. The van der Waals surface area contributed by atoms with Gasteiger partial charge in [0, 0.05) is 21.3 Å². The van der Waals surface area contributed by atoms with Crippen molar-refractivity contribution in [3.05, 3.63) is 21.7 Å². The molecule has 0 spiro atoms. The number of alkyl halides is 1. The fourth-order valence-corrected chi connectivity index (χ4v) is 4.12. The summed E-state index contributed by atoms with van der Waals surface area (Å²) in [5.41, 5.74) is 2.69. The maximum absolute atomic E-state index is 5.95. The molecule has 0 saturated heterocycles. The monoisotopic (exact) mass is 374 g/mol. The minimum Gasteiger partial charge on any atom is -0.490 e. The highest BCUT2D eigenvalue weighted by atomic mass is 79.9. The van der Waals surface area contributed by atoms with E-state index >= 15 is 0 Å².